The van der Waals surface area contributed by atoms with Crippen LogP contribution in [0.3, 0.4) is 0 Å². The largest absolute Gasteiger partial charge is 0.490 e. The monoisotopic (exact) mass is 458 g/mol. The van der Waals surface area contributed by atoms with Gasteiger partial charge in [-0.25, -0.2) is 4.79 Å². The summed E-state index contributed by atoms with van der Waals surface area (Å²) >= 11 is 0. The number of carbonyl (C=O) groups excluding carboxylic acids is 2. The summed E-state index contributed by atoms with van der Waals surface area (Å²) < 4.78 is 6.18. The molecule has 182 valence electrons. The second kappa shape index (κ2) is 11.2. The molecule has 0 spiro atoms. The van der Waals surface area contributed by atoms with Crippen molar-refractivity contribution in [3.05, 3.63) is 23.8 Å². The minimum atomic E-state index is -0.342. The van der Waals surface area contributed by atoms with Gasteiger partial charge in [-0.3, -0.25) is 15.4 Å². The fraction of sp³-hybridized carbons (Fsp3) is 0.667. The number of fused-ring (bicyclic) bond motifs is 1. The van der Waals surface area contributed by atoms with E-state index in [0.29, 0.717) is 12.5 Å². The molecule has 1 aromatic rings. The third kappa shape index (κ3) is 6.82. The summed E-state index contributed by atoms with van der Waals surface area (Å²) in [6.07, 6.45) is 7.83. The number of ether oxygens (including phenoxy) is 1. The Morgan fingerprint density at radius 2 is 1.97 bits per heavy atom. The summed E-state index contributed by atoms with van der Waals surface area (Å²) in [5, 5.41) is 18.9. The molecule has 0 bridgehead atoms. The fourth-order valence-electron chi connectivity index (χ4n) is 5.12. The highest BCUT2D eigenvalue weighted by atomic mass is 16.5. The first-order chi connectivity index (χ1) is 16.0. The highest BCUT2D eigenvalue weighted by Crippen LogP contribution is 2.38. The lowest BCUT2D eigenvalue weighted by atomic mass is 9.96. The number of benzene rings is 1. The van der Waals surface area contributed by atoms with Crippen molar-refractivity contribution in [2.45, 2.75) is 83.4 Å². The zero-order valence-corrected chi connectivity index (χ0v) is 19.7. The number of hydrogen-bond donors (Lipinski definition) is 6. The van der Waals surface area contributed by atoms with Crippen molar-refractivity contribution in [1.82, 2.24) is 26.6 Å². The summed E-state index contributed by atoms with van der Waals surface area (Å²) in [6.45, 7) is 5.05. The molecule has 6 N–H and O–H groups in total. The minimum Gasteiger partial charge on any atom is -0.490 e. The van der Waals surface area contributed by atoms with Gasteiger partial charge in [0.1, 0.15) is 18.1 Å². The molecule has 2 aliphatic heterocycles. The van der Waals surface area contributed by atoms with Crippen LogP contribution >= 0.6 is 0 Å². The maximum absolute atomic E-state index is 12.6. The van der Waals surface area contributed by atoms with E-state index < -0.39 is 0 Å². The van der Waals surface area contributed by atoms with Gasteiger partial charge in [0.05, 0.1) is 6.17 Å². The SMILES string of the molecule is CC(=O)NCCCNC1CC(C)NC(NC(=O)Nc2ccc3c(c2)CC(C2CCCC2)O3)N1. The smallest absolute Gasteiger partial charge is 0.321 e. The average molecular weight is 459 g/mol. The molecule has 4 rings (SSSR count). The van der Waals surface area contributed by atoms with E-state index in [2.05, 4.69) is 38.8 Å². The zero-order chi connectivity index (χ0) is 23.2. The van der Waals surface area contributed by atoms with Crippen molar-refractivity contribution in [3.63, 3.8) is 0 Å². The Bertz CT molecular complexity index is 828. The van der Waals surface area contributed by atoms with Gasteiger partial charge in [0.15, 0.2) is 0 Å². The lowest BCUT2D eigenvalue weighted by Gasteiger charge is -2.36. The molecular weight excluding hydrogens is 420 g/mol. The molecular formula is C24H38N6O3. The molecule has 3 amide bonds. The summed E-state index contributed by atoms with van der Waals surface area (Å²) in [7, 11) is 0. The third-order valence-electron chi connectivity index (χ3n) is 6.75. The Labute approximate surface area is 196 Å². The van der Waals surface area contributed by atoms with Gasteiger partial charge >= 0.3 is 6.03 Å². The maximum Gasteiger partial charge on any atom is 0.321 e. The van der Waals surface area contributed by atoms with Crippen LogP contribution in [0.15, 0.2) is 18.2 Å². The lowest BCUT2D eigenvalue weighted by molar-refractivity contribution is -0.118. The van der Waals surface area contributed by atoms with Crippen LogP contribution in [-0.4, -0.2) is 49.6 Å². The van der Waals surface area contributed by atoms with Crippen LogP contribution in [0, 0.1) is 5.92 Å². The van der Waals surface area contributed by atoms with Crippen molar-refractivity contribution in [2.75, 3.05) is 18.4 Å². The zero-order valence-electron chi connectivity index (χ0n) is 19.7. The average Bonchev–Trinajstić information content (AvgIpc) is 3.42. The third-order valence-corrected chi connectivity index (χ3v) is 6.75. The van der Waals surface area contributed by atoms with Crippen LogP contribution in [0.1, 0.15) is 57.9 Å². The summed E-state index contributed by atoms with van der Waals surface area (Å²) in [6, 6.07) is 5.89. The molecule has 2 fully saturated rings. The number of urea groups is 1. The molecule has 33 heavy (non-hydrogen) atoms. The van der Waals surface area contributed by atoms with Gasteiger partial charge in [-0.1, -0.05) is 12.8 Å². The van der Waals surface area contributed by atoms with E-state index >= 15 is 0 Å². The standard InChI is InChI=1S/C24H38N6O3/c1-15-12-22(26-11-5-10-25-16(2)31)29-23(27-15)30-24(32)28-19-8-9-20-18(13-19)14-21(33-20)17-6-3-4-7-17/h8-9,13,15,17,21-23,26-27,29H,3-7,10-12,14H2,1-2H3,(H,25,31)(H2,28,30,32). The molecule has 0 aromatic heterocycles. The molecule has 9 nitrogen and oxygen atoms in total. The van der Waals surface area contributed by atoms with Crippen LogP contribution in [0.25, 0.3) is 0 Å². The van der Waals surface area contributed by atoms with Crippen molar-refractivity contribution >= 4 is 17.6 Å². The van der Waals surface area contributed by atoms with Crippen LogP contribution < -0.4 is 36.6 Å². The molecule has 4 atom stereocenters. The molecule has 3 aliphatic rings. The first kappa shape index (κ1) is 23.8. The first-order valence-electron chi connectivity index (χ1n) is 12.3. The molecule has 1 aliphatic carbocycles. The molecule has 1 saturated carbocycles. The molecule has 1 aromatic carbocycles. The minimum absolute atomic E-state index is 0.0107. The second-order valence-corrected chi connectivity index (χ2v) is 9.57. The van der Waals surface area contributed by atoms with E-state index in [1.807, 2.05) is 18.2 Å². The van der Waals surface area contributed by atoms with Gasteiger partial charge in [-0.15, -0.1) is 0 Å². The Morgan fingerprint density at radius 1 is 1.15 bits per heavy atom. The normalized spacial score (nSPS) is 27.0. The maximum atomic E-state index is 12.6. The van der Waals surface area contributed by atoms with Gasteiger partial charge in [-0.05, 0) is 68.8 Å². The van der Waals surface area contributed by atoms with Gasteiger partial charge in [0, 0.05) is 31.6 Å². The highest BCUT2D eigenvalue weighted by Gasteiger charge is 2.32. The fourth-order valence-corrected chi connectivity index (χ4v) is 5.12. The van der Waals surface area contributed by atoms with E-state index in [1.54, 1.807) is 0 Å². The van der Waals surface area contributed by atoms with Gasteiger partial charge in [-0.2, -0.15) is 0 Å². The number of nitrogens with one attached hydrogen (secondary N) is 6. The molecule has 1 saturated heterocycles. The van der Waals surface area contributed by atoms with Crippen LogP contribution in [-0.2, 0) is 11.2 Å². The Kier molecular flexibility index (Phi) is 8.06. The van der Waals surface area contributed by atoms with Crippen LogP contribution in [0.2, 0.25) is 0 Å². The lowest BCUT2D eigenvalue weighted by Crippen LogP contribution is -2.67. The molecule has 9 heteroatoms. The second-order valence-electron chi connectivity index (χ2n) is 9.57. The van der Waals surface area contributed by atoms with Crippen molar-refractivity contribution in [3.8, 4) is 5.75 Å². The first-order valence-corrected chi connectivity index (χ1v) is 12.3. The number of carbonyl (C=O) groups is 2. The van der Waals surface area contributed by atoms with E-state index in [-0.39, 0.29) is 36.5 Å². The summed E-state index contributed by atoms with van der Waals surface area (Å²) in [5.74, 6) is 1.60. The van der Waals surface area contributed by atoms with E-state index in [0.717, 1.165) is 37.2 Å². The van der Waals surface area contributed by atoms with E-state index in [1.165, 1.54) is 38.2 Å². The van der Waals surface area contributed by atoms with Crippen molar-refractivity contribution in [2.24, 2.45) is 5.92 Å². The summed E-state index contributed by atoms with van der Waals surface area (Å²) in [5.41, 5.74) is 1.95. The van der Waals surface area contributed by atoms with Gasteiger partial charge in [0.2, 0.25) is 5.91 Å². The Balaban J connectivity index is 1.22. The van der Waals surface area contributed by atoms with Crippen molar-refractivity contribution < 1.29 is 14.3 Å². The number of rotatable bonds is 8. The van der Waals surface area contributed by atoms with Gasteiger partial charge in [0.25, 0.3) is 0 Å². The van der Waals surface area contributed by atoms with Crippen LogP contribution in [0.4, 0.5) is 10.5 Å². The Morgan fingerprint density at radius 3 is 2.76 bits per heavy atom. The molecule has 0 radical (unpaired) electrons. The van der Waals surface area contributed by atoms with E-state index in [4.69, 9.17) is 4.74 Å². The number of anilines is 1. The molecule has 4 unspecified atom stereocenters. The van der Waals surface area contributed by atoms with E-state index in [9.17, 15) is 9.59 Å². The number of hydrogen-bond acceptors (Lipinski definition) is 6. The van der Waals surface area contributed by atoms with Crippen LogP contribution in [0.5, 0.6) is 5.75 Å². The summed E-state index contributed by atoms with van der Waals surface area (Å²) in [4.78, 5) is 23.6. The highest BCUT2D eigenvalue weighted by molar-refractivity contribution is 5.89. The predicted molar refractivity (Wildman–Crippen MR) is 128 cm³/mol. The topological polar surface area (TPSA) is 116 Å². The van der Waals surface area contributed by atoms with Gasteiger partial charge < -0.3 is 26.0 Å². The Hall–Kier alpha value is -2.36. The quantitative estimate of drug-likeness (QED) is 0.332. The number of amides is 3. The van der Waals surface area contributed by atoms with Crippen molar-refractivity contribution in [1.29, 1.82) is 0 Å². The predicted octanol–water partition coefficient (Wildman–Crippen LogP) is 2.00. The molecule has 2 heterocycles.